The lowest BCUT2D eigenvalue weighted by molar-refractivity contribution is 0.0524. The first-order chi connectivity index (χ1) is 19.1. The number of carbonyl (C=O) groups excluding carboxylic acids is 2. The summed E-state index contributed by atoms with van der Waals surface area (Å²) in [5.41, 5.74) is 0.302. The van der Waals surface area contributed by atoms with Crippen LogP contribution < -0.4 is 24.8 Å². The van der Waals surface area contributed by atoms with Gasteiger partial charge in [-0.1, -0.05) is 42.5 Å². The van der Waals surface area contributed by atoms with Crippen LogP contribution in [0.3, 0.4) is 0 Å². The molecule has 0 unspecified atom stereocenters. The molecule has 0 radical (unpaired) electrons. The van der Waals surface area contributed by atoms with Gasteiger partial charge >= 0.3 is 12.1 Å². The van der Waals surface area contributed by atoms with Crippen LogP contribution in [-0.2, 0) is 11.3 Å². The van der Waals surface area contributed by atoms with E-state index in [-0.39, 0.29) is 41.5 Å². The molecule has 0 atom stereocenters. The third-order valence-electron chi connectivity index (χ3n) is 5.41. The molecule has 3 rings (SSSR count). The Hall–Kier alpha value is -4.73. The fraction of sp³-hybridized carbons (Fsp3) is 0.300. The number of hydrogen-bond acceptors (Lipinski definition) is 7. The molecule has 2 amide bonds. The molecule has 0 heterocycles. The quantitative estimate of drug-likeness (QED) is 0.251. The van der Waals surface area contributed by atoms with Gasteiger partial charge in [0, 0.05) is 6.54 Å². The Kier molecular flexibility index (Phi) is 10.4. The number of anilines is 1. The fourth-order valence-electron chi connectivity index (χ4n) is 3.64. The van der Waals surface area contributed by atoms with Crippen LogP contribution >= 0.6 is 0 Å². The summed E-state index contributed by atoms with van der Waals surface area (Å²) in [4.78, 5) is 37.1. The molecule has 0 aliphatic carbocycles. The van der Waals surface area contributed by atoms with Gasteiger partial charge in [0.05, 0.1) is 24.8 Å². The van der Waals surface area contributed by atoms with Crippen molar-refractivity contribution in [2.24, 2.45) is 0 Å². The maximum absolute atomic E-state index is 13.3. The maximum atomic E-state index is 13.3. The number of alkyl carbamates (subject to hydrolysis) is 1. The molecule has 212 valence electrons. The lowest BCUT2D eigenvalue weighted by Crippen LogP contribution is -2.33. The number of methoxy groups -OCH3 is 1. The molecular weight excluding hydrogens is 516 g/mol. The van der Waals surface area contributed by atoms with Gasteiger partial charge in [-0.15, -0.1) is 0 Å². The smallest absolute Gasteiger partial charge is 0.407 e. The van der Waals surface area contributed by atoms with Crippen LogP contribution in [-0.4, -0.2) is 48.9 Å². The average molecular weight is 551 g/mol. The number of rotatable bonds is 12. The summed E-state index contributed by atoms with van der Waals surface area (Å²) >= 11 is 0. The van der Waals surface area contributed by atoms with Crippen molar-refractivity contribution in [1.29, 1.82) is 0 Å². The maximum Gasteiger partial charge on any atom is 0.407 e. The Balaban J connectivity index is 1.72. The van der Waals surface area contributed by atoms with E-state index in [2.05, 4.69) is 10.6 Å². The normalized spacial score (nSPS) is 10.8. The van der Waals surface area contributed by atoms with E-state index in [1.54, 1.807) is 45.0 Å². The number of carbonyl (C=O) groups is 3. The molecule has 3 aromatic carbocycles. The molecule has 0 aromatic heterocycles. The Morgan fingerprint density at radius 1 is 0.850 bits per heavy atom. The van der Waals surface area contributed by atoms with E-state index >= 15 is 0 Å². The van der Waals surface area contributed by atoms with Gasteiger partial charge in [-0.05, 0) is 57.0 Å². The Morgan fingerprint density at radius 2 is 1.55 bits per heavy atom. The van der Waals surface area contributed by atoms with Gasteiger partial charge in [-0.25, -0.2) is 9.59 Å². The summed E-state index contributed by atoms with van der Waals surface area (Å²) in [5.74, 6) is -1.19. The van der Waals surface area contributed by atoms with E-state index in [1.807, 2.05) is 30.3 Å². The van der Waals surface area contributed by atoms with Crippen LogP contribution in [0.5, 0.6) is 17.2 Å². The van der Waals surface area contributed by atoms with Crippen molar-refractivity contribution in [1.82, 2.24) is 5.32 Å². The number of benzene rings is 3. The summed E-state index contributed by atoms with van der Waals surface area (Å²) in [6.07, 6.45) is -0.0575. The molecule has 0 saturated carbocycles. The molecule has 3 aromatic rings. The third-order valence-corrected chi connectivity index (χ3v) is 5.41. The predicted octanol–water partition coefficient (Wildman–Crippen LogP) is 5.52. The SMILES string of the molecule is COc1c(OCc2ccccc2)ccc(C(=O)O)c1NC(=O)c1ccccc1OCCCNC(=O)OC(C)(C)C. The van der Waals surface area contributed by atoms with Crippen molar-refractivity contribution in [3.05, 3.63) is 83.4 Å². The zero-order valence-electron chi connectivity index (χ0n) is 23.0. The second kappa shape index (κ2) is 13.9. The number of ether oxygens (including phenoxy) is 4. The molecule has 40 heavy (non-hydrogen) atoms. The van der Waals surface area contributed by atoms with Crippen LogP contribution in [0.1, 0.15) is 53.5 Å². The van der Waals surface area contributed by atoms with Crippen LogP contribution in [0.4, 0.5) is 10.5 Å². The number of amides is 2. The van der Waals surface area contributed by atoms with E-state index in [1.165, 1.54) is 19.2 Å². The highest BCUT2D eigenvalue weighted by atomic mass is 16.6. The summed E-state index contributed by atoms with van der Waals surface area (Å²) in [7, 11) is 1.37. The van der Waals surface area contributed by atoms with Gasteiger partial charge in [-0.3, -0.25) is 4.79 Å². The fourth-order valence-corrected chi connectivity index (χ4v) is 3.64. The highest BCUT2D eigenvalue weighted by Crippen LogP contribution is 2.39. The number of para-hydroxylation sites is 1. The molecular formula is C30H34N2O8. The zero-order chi connectivity index (χ0) is 29.1. The molecule has 0 aliphatic heterocycles. The summed E-state index contributed by atoms with van der Waals surface area (Å²) in [6.45, 7) is 6.09. The molecule has 0 fully saturated rings. The first-order valence-corrected chi connectivity index (χ1v) is 12.7. The van der Waals surface area contributed by atoms with E-state index in [4.69, 9.17) is 18.9 Å². The second-order valence-electron chi connectivity index (χ2n) is 9.68. The van der Waals surface area contributed by atoms with Crippen LogP contribution in [0.25, 0.3) is 0 Å². The first-order valence-electron chi connectivity index (χ1n) is 12.7. The number of carboxylic acid groups (broad SMARTS) is 1. The molecule has 10 heteroatoms. The van der Waals surface area contributed by atoms with E-state index in [0.717, 1.165) is 5.56 Å². The number of aromatic carboxylic acids is 1. The van der Waals surface area contributed by atoms with Crippen LogP contribution in [0.2, 0.25) is 0 Å². The van der Waals surface area contributed by atoms with E-state index in [9.17, 15) is 19.5 Å². The van der Waals surface area contributed by atoms with Crippen molar-refractivity contribution in [3.63, 3.8) is 0 Å². The van der Waals surface area contributed by atoms with Gasteiger partial charge in [-0.2, -0.15) is 0 Å². The molecule has 0 spiro atoms. The van der Waals surface area contributed by atoms with E-state index < -0.39 is 23.6 Å². The number of carboxylic acids is 1. The minimum atomic E-state index is -1.25. The largest absolute Gasteiger partial charge is 0.493 e. The van der Waals surface area contributed by atoms with Crippen molar-refractivity contribution < 1.29 is 38.4 Å². The Morgan fingerprint density at radius 3 is 2.23 bits per heavy atom. The van der Waals surface area contributed by atoms with Gasteiger partial charge in [0.25, 0.3) is 5.91 Å². The van der Waals surface area contributed by atoms with Crippen molar-refractivity contribution in [2.45, 2.75) is 39.4 Å². The molecule has 0 aliphatic rings. The zero-order valence-corrected chi connectivity index (χ0v) is 23.0. The van der Waals surface area contributed by atoms with Crippen LogP contribution in [0.15, 0.2) is 66.7 Å². The lowest BCUT2D eigenvalue weighted by atomic mass is 10.1. The van der Waals surface area contributed by atoms with Gasteiger partial charge < -0.3 is 34.7 Å². The average Bonchev–Trinajstić information content (AvgIpc) is 2.91. The summed E-state index contributed by atoms with van der Waals surface area (Å²) in [6, 6.07) is 18.9. The predicted molar refractivity (Wildman–Crippen MR) is 149 cm³/mol. The van der Waals surface area contributed by atoms with Gasteiger partial charge in [0.15, 0.2) is 11.5 Å². The first kappa shape index (κ1) is 29.8. The van der Waals surface area contributed by atoms with Crippen molar-refractivity contribution >= 4 is 23.7 Å². The summed E-state index contributed by atoms with van der Waals surface area (Å²) in [5, 5.41) is 15.1. The van der Waals surface area contributed by atoms with E-state index in [0.29, 0.717) is 18.7 Å². The number of hydrogen-bond donors (Lipinski definition) is 3. The molecule has 10 nitrogen and oxygen atoms in total. The Bertz CT molecular complexity index is 1320. The second-order valence-corrected chi connectivity index (χ2v) is 9.68. The topological polar surface area (TPSA) is 132 Å². The standard InChI is InChI=1S/C30H34N2O8/c1-30(2,3)40-29(36)31-17-10-18-38-23-14-9-8-13-21(23)27(33)32-25-22(28(34)35)15-16-24(26(25)37-4)39-19-20-11-6-5-7-12-20/h5-9,11-16H,10,17-19H2,1-4H3,(H,31,36)(H,32,33)(H,34,35). The van der Waals surface area contributed by atoms with Crippen molar-refractivity contribution in [2.75, 3.05) is 25.6 Å². The number of nitrogens with one attached hydrogen (secondary N) is 2. The third kappa shape index (κ3) is 8.65. The minimum Gasteiger partial charge on any atom is -0.493 e. The molecule has 0 bridgehead atoms. The highest BCUT2D eigenvalue weighted by molar-refractivity contribution is 6.10. The van der Waals surface area contributed by atoms with Gasteiger partial charge in [0.1, 0.15) is 23.6 Å². The highest BCUT2D eigenvalue weighted by Gasteiger charge is 2.23. The van der Waals surface area contributed by atoms with Crippen LogP contribution in [0, 0.1) is 0 Å². The molecule has 0 saturated heterocycles. The Labute approximate surface area is 233 Å². The van der Waals surface area contributed by atoms with Gasteiger partial charge in [0.2, 0.25) is 0 Å². The lowest BCUT2D eigenvalue weighted by Gasteiger charge is -2.19. The summed E-state index contributed by atoms with van der Waals surface area (Å²) < 4.78 is 22.4. The molecule has 3 N–H and O–H groups in total. The monoisotopic (exact) mass is 550 g/mol. The minimum absolute atomic E-state index is 0.0399. The van der Waals surface area contributed by atoms with Crippen molar-refractivity contribution in [3.8, 4) is 17.2 Å².